The van der Waals surface area contributed by atoms with E-state index in [0.29, 0.717) is 48.4 Å². The number of carbonyl (C=O) groups excluding carboxylic acids is 4. The SMILES string of the molecule is CC(C)(C)OC(=O)N1CC(CN2CCN(C(=O)c3ccc(Cl)c(N4CCC(=O)NC4=O)c3)CC2)C1. The van der Waals surface area contributed by atoms with E-state index in [4.69, 9.17) is 16.3 Å². The zero-order chi connectivity index (χ0) is 25.3. The van der Waals surface area contributed by atoms with Gasteiger partial charge in [0, 0.05) is 70.3 Å². The summed E-state index contributed by atoms with van der Waals surface area (Å²) >= 11 is 6.30. The van der Waals surface area contributed by atoms with E-state index >= 15 is 0 Å². The molecule has 1 aromatic rings. The van der Waals surface area contributed by atoms with Gasteiger partial charge in [0.2, 0.25) is 5.91 Å². The minimum Gasteiger partial charge on any atom is -0.444 e. The van der Waals surface area contributed by atoms with Gasteiger partial charge in [-0.3, -0.25) is 24.7 Å². The van der Waals surface area contributed by atoms with E-state index in [1.54, 1.807) is 28.0 Å². The van der Waals surface area contributed by atoms with E-state index < -0.39 is 11.6 Å². The summed E-state index contributed by atoms with van der Waals surface area (Å²) in [6.07, 6.45) is -0.0845. The molecule has 5 amide bonds. The Morgan fingerprint density at radius 2 is 1.74 bits per heavy atom. The van der Waals surface area contributed by atoms with Crippen molar-refractivity contribution in [3.63, 3.8) is 0 Å². The van der Waals surface area contributed by atoms with Crippen molar-refractivity contribution >= 4 is 41.2 Å². The van der Waals surface area contributed by atoms with Gasteiger partial charge in [-0.05, 0) is 39.0 Å². The first-order valence-corrected chi connectivity index (χ1v) is 12.3. The summed E-state index contributed by atoms with van der Waals surface area (Å²) in [5.74, 6) is -0.0334. The van der Waals surface area contributed by atoms with Gasteiger partial charge in [-0.2, -0.15) is 0 Å². The molecule has 0 aromatic heterocycles. The Hall–Kier alpha value is -2.85. The summed E-state index contributed by atoms with van der Waals surface area (Å²) in [5.41, 5.74) is 0.380. The van der Waals surface area contributed by atoms with Crippen LogP contribution >= 0.6 is 11.6 Å². The fraction of sp³-hybridized carbons (Fsp3) is 0.583. The van der Waals surface area contributed by atoms with Gasteiger partial charge in [0.25, 0.3) is 5.91 Å². The molecule has 3 aliphatic heterocycles. The number of carbonyl (C=O) groups is 4. The summed E-state index contributed by atoms with van der Waals surface area (Å²) < 4.78 is 5.41. The molecular weight excluding hydrogens is 474 g/mol. The maximum Gasteiger partial charge on any atom is 0.410 e. The Labute approximate surface area is 210 Å². The molecule has 0 atom stereocenters. The number of hydrogen-bond acceptors (Lipinski definition) is 6. The minimum absolute atomic E-state index is 0.115. The van der Waals surface area contributed by atoms with Crippen LogP contribution in [-0.2, 0) is 9.53 Å². The van der Waals surface area contributed by atoms with Gasteiger partial charge in [-0.25, -0.2) is 9.59 Å². The lowest BCUT2D eigenvalue weighted by molar-refractivity contribution is -0.120. The maximum atomic E-state index is 13.1. The number of rotatable bonds is 4. The van der Waals surface area contributed by atoms with Crippen LogP contribution < -0.4 is 10.2 Å². The van der Waals surface area contributed by atoms with Crippen molar-refractivity contribution in [1.29, 1.82) is 0 Å². The van der Waals surface area contributed by atoms with Crippen LogP contribution in [0, 0.1) is 5.92 Å². The predicted octanol–water partition coefficient (Wildman–Crippen LogP) is 2.41. The smallest absolute Gasteiger partial charge is 0.410 e. The molecule has 11 heteroatoms. The quantitative estimate of drug-likeness (QED) is 0.674. The third-order valence-electron chi connectivity index (χ3n) is 6.32. The number of piperazine rings is 1. The highest BCUT2D eigenvalue weighted by Gasteiger charge is 2.35. The number of benzene rings is 1. The second kappa shape index (κ2) is 10.0. The highest BCUT2D eigenvalue weighted by Crippen LogP contribution is 2.29. The number of hydrogen-bond donors (Lipinski definition) is 1. The molecule has 35 heavy (non-hydrogen) atoms. The molecular formula is C24H32ClN5O5. The molecule has 0 spiro atoms. The van der Waals surface area contributed by atoms with Crippen LogP contribution in [0.25, 0.3) is 0 Å². The monoisotopic (exact) mass is 505 g/mol. The van der Waals surface area contributed by atoms with E-state index in [9.17, 15) is 19.2 Å². The van der Waals surface area contributed by atoms with E-state index in [2.05, 4.69) is 10.2 Å². The summed E-state index contributed by atoms with van der Waals surface area (Å²) in [7, 11) is 0. The second-order valence-corrected chi connectivity index (χ2v) is 10.7. The van der Waals surface area contributed by atoms with E-state index in [1.165, 1.54) is 4.90 Å². The zero-order valence-electron chi connectivity index (χ0n) is 20.4. The lowest BCUT2D eigenvalue weighted by Gasteiger charge is -2.43. The maximum absolute atomic E-state index is 13.1. The molecule has 190 valence electrons. The molecule has 0 saturated carbocycles. The minimum atomic E-state index is -0.539. The van der Waals surface area contributed by atoms with Crippen molar-refractivity contribution in [2.45, 2.75) is 32.8 Å². The summed E-state index contributed by atoms with van der Waals surface area (Å²) in [6.45, 7) is 10.8. The Kier molecular flexibility index (Phi) is 7.23. The Balaban J connectivity index is 1.27. The lowest BCUT2D eigenvalue weighted by atomic mass is 10.00. The Morgan fingerprint density at radius 1 is 1.06 bits per heavy atom. The molecule has 3 aliphatic rings. The molecule has 3 saturated heterocycles. The van der Waals surface area contributed by atoms with Crippen LogP contribution in [0.4, 0.5) is 15.3 Å². The molecule has 3 fully saturated rings. The molecule has 10 nitrogen and oxygen atoms in total. The van der Waals surface area contributed by atoms with E-state index in [-0.39, 0.29) is 30.9 Å². The number of nitrogens with one attached hydrogen (secondary N) is 1. The van der Waals surface area contributed by atoms with Gasteiger partial charge in [0.1, 0.15) is 5.60 Å². The first kappa shape index (κ1) is 25.2. The van der Waals surface area contributed by atoms with Gasteiger partial charge in [-0.15, -0.1) is 0 Å². The molecule has 0 unspecified atom stereocenters. The van der Waals surface area contributed by atoms with Crippen LogP contribution in [-0.4, -0.2) is 96.6 Å². The highest BCUT2D eigenvalue weighted by atomic mass is 35.5. The zero-order valence-corrected chi connectivity index (χ0v) is 21.1. The molecule has 0 bridgehead atoms. The normalized spacial score (nSPS) is 19.9. The number of urea groups is 1. The number of imide groups is 1. The number of nitrogens with zero attached hydrogens (tertiary/aromatic N) is 4. The topological polar surface area (TPSA) is 102 Å². The summed E-state index contributed by atoms with van der Waals surface area (Å²) in [5, 5.41) is 2.62. The van der Waals surface area contributed by atoms with Crippen LogP contribution in [0.2, 0.25) is 5.02 Å². The predicted molar refractivity (Wildman–Crippen MR) is 131 cm³/mol. The third-order valence-corrected chi connectivity index (χ3v) is 6.64. The summed E-state index contributed by atoms with van der Waals surface area (Å²) in [4.78, 5) is 56.2. The average molecular weight is 506 g/mol. The van der Waals surface area contributed by atoms with E-state index in [0.717, 1.165) is 19.6 Å². The number of anilines is 1. The first-order valence-electron chi connectivity index (χ1n) is 11.9. The van der Waals surface area contributed by atoms with Crippen LogP contribution in [0.15, 0.2) is 18.2 Å². The standard InChI is InChI=1S/C24H32ClN5O5/c1-24(2,3)35-23(34)29-14-16(15-29)13-27-8-10-28(11-9-27)21(32)17-4-5-18(25)19(12-17)30-7-6-20(31)26-22(30)33/h4-5,12,16H,6-11,13-15H2,1-3H3,(H,26,31,33). The Bertz CT molecular complexity index is 1010. The van der Waals surface area contributed by atoms with Crippen LogP contribution in [0.1, 0.15) is 37.6 Å². The van der Waals surface area contributed by atoms with Crippen LogP contribution in [0.3, 0.4) is 0 Å². The molecule has 1 N–H and O–H groups in total. The highest BCUT2D eigenvalue weighted by molar-refractivity contribution is 6.34. The fourth-order valence-electron chi connectivity index (χ4n) is 4.49. The van der Waals surface area contributed by atoms with Crippen molar-refractivity contribution < 1.29 is 23.9 Å². The number of likely N-dealkylation sites (tertiary alicyclic amines) is 1. The fourth-order valence-corrected chi connectivity index (χ4v) is 4.71. The Morgan fingerprint density at radius 3 is 2.37 bits per heavy atom. The van der Waals surface area contributed by atoms with Gasteiger partial charge in [0.05, 0.1) is 10.7 Å². The van der Waals surface area contributed by atoms with Gasteiger partial charge >= 0.3 is 12.1 Å². The molecule has 1 aromatic carbocycles. The van der Waals surface area contributed by atoms with Gasteiger partial charge < -0.3 is 14.5 Å². The van der Waals surface area contributed by atoms with Gasteiger partial charge in [0.15, 0.2) is 0 Å². The first-order chi connectivity index (χ1) is 16.5. The van der Waals surface area contributed by atoms with Gasteiger partial charge in [-0.1, -0.05) is 11.6 Å². The number of halogens is 1. The molecule has 0 aliphatic carbocycles. The molecule has 4 rings (SSSR count). The van der Waals surface area contributed by atoms with Crippen molar-refractivity contribution in [3.8, 4) is 0 Å². The van der Waals surface area contributed by atoms with Crippen molar-refractivity contribution in [2.75, 3.05) is 57.3 Å². The second-order valence-electron chi connectivity index (χ2n) is 10.3. The number of amides is 5. The average Bonchev–Trinajstić information content (AvgIpc) is 2.75. The van der Waals surface area contributed by atoms with Crippen molar-refractivity contribution in [2.24, 2.45) is 5.92 Å². The van der Waals surface area contributed by atoms with Crippen molar-refractivity contribution in [1.82, 2.24) is 20.0 Å². The largest absolute Gasteiger partial charge is 0.444 e. The lowest BCUT2D eigenvalue weighted by Crippen LogP contribution is -2.57. The molecule has 3 heterocycles. The third kappa shape index (κ3) is 6.05. The van der Waals surface area contributed by atoms with Crippen LogP contribution in [0.5, 0.6) is 0 Å². The summed E-state index contributed by atoms with van der Waals surface area (Å²) in [6, 6.07) is 4.35. The number of ether oxygens (including phenoxy) is 1. The molecule has 0 radical (unpaired) electrons. The van der Waals surface area contributed by atoms with E-state index in [1.807, 2.05) is 20.8 Å². The van der Waals surface area contributed by atoms with Crippen molar-refractivity contribution in [3.05, 3.63) is 28.8 Å².